The lowest BCUT2D eigenvalue weighted by Gasteiger charge is -2.23. The van der Waals surface area contributed by atoms with Crippen molar-refractivity contribution in [1.29, 1.82) is 0 Å². The first kappa shape index (κ1) is 14.8. The Kier molecular flexibility index (Phi) is 4.28. The van der Waals surface area contributed by atoms with Crippen LogP contribution in [-0.2, 0) is 4.74 Å². The number of hydrazine groups is 1. The summed E-state index contributed by atoms with van der Waals surface area (Å²) in [5.41, 5.74) is 5.99. The molecular formula is C15H21FN2O2. The Bertz CT molecular complexity index is 464. The maximum Gasteiger partial charge on any atom is 0.422 e. The van der Waals surface area contributed by atoms with Crippen molar-refractivity contribution in [3.63, 3.8) is 0 Å². The van der Waals surface area contributed by atoms with Gasteiger partial charge < -0.3 is 4.74 Å². The molecule has 0 heterocycles. The number of nitrogens with one attached hydrogen (secondary N) is 2. The zero-order valence-corrected chi connectivity index (χ0v) is 12.1. The first-order chi connectivity index (χ1) is 9.35. The molecule has 1 aromatic rings. The van der Waals surface area contributed by atoms with Crippen molar-refractivity contribution >= 4 is 6.09 Å². The molecule has 2 N–H and O–H groups in total. The summed E-state index contributed by atoms with van der Waals surface area (Å²) in [6.07, 6.45) is 1.70. The highest BCUT2D eigenvalue weighted by Gasteiger charge is 2.32. The second-order valence-electron chi connectivity index (χ2n) is 6.14. The van der Waals surface area contributed by atoms with Gasteiger partial charge in [-0.2, -0.15) is 0 Å². The number of hydrogen-bond donors (Lipinski definition) is 2. The van der Waals surface area contributed by atoms with E-state index in [4.69, 9.17) is 4.74 Å². The number of carbonyl (C=O) groups excluding carboxylic acids is 1. The molecule has 1 unspecified atom stereocenters. The lowest BCUT2D eigenvalue weighted by atomic mass is 10.0. The van der Waals surface area contributed by atoms with E-state index in [-0.39, 0.29) is 11.9 Å². The number of amides is 1. The molecule has 4 nitrogen and oxygen atoms in total. The maximum atomic E-state index is 13.0. The SMILES string of the molecule is CC(C)(C)OC(=O)NNC(c1ccc(F)cc1)C1CC1. The minimum atomic E-state index is -0.531. The van der Waals surface area contributed by atoms with E-state index < -0.39 is 11.7 Å². The number of ether oxygens (including phenoxy) is 1. The number of halogens is 1. The Balaban J connectivity index is 1.93. The minimum absolute atomic E-state index is 0.0110. The zero-order valence-electron chi connectivity index (χ0n) is 12.1. The molecule has 1 aliphatic rings. The number of rotatable bonds is 4. The van der Waals surface area contributed by atoms with Gasteiger partial charge in [0.15, 0.2) is 0 Å². The monoisotopic (exact) mass is 280 g/mol. The fourth-order valence-electron chi connectivity index (χ4n) is 2.01. The van der Waals surface area contributed by atoms with Crippen LogP contribution in [0.2, 0.25) is 0 Å². The zero-order chi connectivity index (χ0) is 14.8. The largest absolute Gasteiger partial charge is 0.443 e. The van der Waals surface area contributed by atoms with E-state index in [1.54, 1.807) is 12.1 Å². The van der Waals surface area contributed by atoms with Crippen LogP contribution in [0.5, 0.6) is 0 Å². The third-order valence-electron chi connectivity index (χ3n) is 3.05. The molecule has 20 heavy (non-hydrogen) atoms. The van der Waals surface area contributed by atoms with Gasteiger partial charge in [0.25, 0.3) is 0 Å². The highest BCUT2D eigenvalue weighted by Crippen LogP contribution is 2.40. The molecular weight excluding hydrogens is 259 g/mol. The first-order valence-electron chi connectivity index (χ1n) is 6.85. The number of hydrogen-bond acceptors (Lipinski definition) is 3. The quantitative estimate of drug-likeness (QED) is 0.832. The summed E-state index contributed by atoms with van der Waals surface area (Å²) in [5, 5.41) is 0. The third kappa shape index (κ3) is 4.49. The third-order valence-corrected chi connectivity index (χ3v) is 3.05. The lowest BCUT2D eigenvalue weighted by molar-refractivity contribution is 0.0485. The van der Waals surface area contributed by atoms with Gasteiger partial charge in [-0.3, -0.25) is 5.43 Å². The van der Waals surface area contributed by atoms with E-state index in [0.717, 1.165) is 18.4 Å². The van der Waals surface area contributed by atoms with Crippen molar-refractivity contribution in [2.24, 2.45) is 5.92 Å². The highest BCUT2D eigenvalue weighted by atomic mass is 19.1. The van der Waals surface area contributed by atoms with Crippen LogP contribution in [0.15, 0.2) is 24.3 Å². The Hall–Kier alpha value is -1.62. The second kappa shape index (κ2) is 5.79. The van der Waals surface area contributed by atoms with E-state index in [0.29, 0.717) is 5.92 Å². The number of carbonyl (C=O) groups is 1. The summed E-state index contributed by atoms with van der Waals surface area (Å²) in [7, 11) is 0. The predicted octanol–water partition coefficient (Wildman–Crippen LogP) is 3.31. The van der Waals surface area contributed by atoms with Gasteiger partial charge >= 0.3 is 6.09 Å². The predicted molar refractivity (Wildman–Crippen MR) is 74.4 cm³/mol. The molecule has 0 radical (unpaired) electrons. The van der Waals surface area contributed by atoms with Gasteiger partial charge in [0.2, 0.25) is 0 Å². The summed E-state index contributed by atoms with van der Waals surface area (Å²) in [6, 6.07) is 6.33. The number of benzene rings is 1. The topological polar surface area (TPSA) is 50.4 Å². The Morgan fingerprint density at radius 1 is 1.30 bits per heavy atom. The van der Waals surface area contributed by atoms with Crippen molar-refractivity contribution < 1.29 is 13.9 Å². The van der Waals surface area contributed by atoms with E-state index in [1.807, 2.05) is 20.8 Å². The highest BCUT2D eigenvalue weighted by molar-refractivity contribution is 5.67. The molecule has 1 amide bonds. The molecule has 0 bridgehead atoms. The smallest absolute Gasteiger partial charge is 0.422 e. The normalized spacial score (nSPS) is 16.6. The van der Waals surface area contributed by atoms with E-state index >= 15 is 0 Å². The van der Waals surface area contributed by atoms with E-state index in [2.05, 4.69) is 10.9 Å². The molecule has 1 aromatic carbocycles. The molecule has 1 fully saturated rings. The van der Waals surface area contributed by atoms with Crippen molar-refractivity contribution in [3.05, 3.63) is 35.6 Å². The van der Waals surface area contributed by atoms with Gasteiger partial charge in [0.1, 0.15) is 11.4 Å². The molecule has 110 valence electrons. The fraction of sp³-hybridized carbons (Fsp3) is 0.533. The van der Waals surface area contributed by atoms with E-state index in [9.17, 15) is 9.18 Å². The van der Waals surface area contributed by atoms with Crippen LogP contribution in [0.3, 0.4) is 0 Å². The molecule has 1 saturated carbocycles. The molecule has 0 spiro atoms. The minimum Gasteiger partial charge on any atom is -0.443 e. The summed E-state index contributed by atoms with van der Waals surface area (Å²) in [5.74, 6) is 0.207. The first-order valence-corrected chi connectivity index (χ1v) is 6.85. The van der Waals surface area contributed by atoms with Crippen molar-refractivity contribution in [2.45, 2.75) is 45.3 Å². The van der Waals surface area contributed by atoms with Crippen LogP contribution >= 0.6 is 0 Å². The van der Waals surface area contributed by atoms with E-state index in [1.165, 1.54) is 12.1 Å². The summed E-state index contributed by atoms with van der Waals surface area (Å²) >= 11 is 0. The fourth-order valence-corrected chi connectivity index (χ4v) is 2.01. The molecule has 0 aromatic heterocycles. The van der Waals surface area contributed by atoms with Gasteiger partial charge in [-0.25, -0.2) is 14.6 Å². The van der Waals surface area contributed by atoms with Crippen molar-refractivity contribution in [1.82, 2.24) is 10.9 Å². The Labute approximate surface area is 118 Å². The van der Waals surface area contributed by atoms with Crippen LogP contribution < -0.4 is 10.9 Å². The van der Waals surface area contributed by atoms with Crippen LogP contribution in [0.25, 0.3) is 0 Å². The molecule has 0 saturated heterocycles. The Morgan fingerprint density at radius 3 is 2.40 bits per heavy atom. The second-order valence-corrected chi connectivity index (χ2v) is 6.14. The molecule has 2 rings (SSSR count). The average Bonchev–Trinajstić information content (AvgIpc) is 3.13. The van der Waals surface area contributed by atoms with Crippen LogP contribution in [0.1, 0.15) is 45.2 Å². The lowest BCUT2D eigenvalue weighted by Crippen LogP contribution is -2.43. The molecule has 1 atom stereocenters. The van der Waals surface area contributed by atoms with Crippen LogP contribution in [0.4, 0.5) is 9.18 Å². The molecule has 5 heteroatoms. The van der Waals surface area contributed by atoms with Gasteiger partial charge in [-0.15, -0.1) is 0 Å². The summed E-state index contributed by atoms with van der Waals surface area (Å²) in [4.78, 5) is 11.6. The van der Waals surface area contributed by atoms with Crippen molar-refractivity contribution in [3.8, 4) is 0 Å². The summed E-state index contributed by atoms with van der Waals surface area (Å²) < 4.78 is 18.1. The van der Waals surface area contributed by atoms with Gasteiger partial charge in [-0.05, 0) is 57.2 Å². The Morgan fingerprint density at radius 2 is 1.90 bits per heavy atom. The maximum absolute atomic E-state index is 13.0. The molecule has 0 aliphatic heterocycles. The standard InChI is InChI=1S/C15H21FN2O2/c1-15(2,3)20-14(19)18-17-13(10-4-5-10)11-6-8-12(16)9-7-11/h6-10,13,17H,4-5H2,1-3H3,(H,18,19). The van der Waals surface area contributed by atoms with Crippen LogP contribution in [-0.4, -0.2) is 11.7 Å². The average molecular weight is 280 g/mol. The molecule has 1 aliphatic carbocycles. The van der Waals surface area contributed by atoms with Crippen molar-refractivity contribution in [2.75, 3.05) is 0 Å². The van der Waals surface area contributed by atoms with Gasteiger partial charge in [-0.1, -0.05) is 12.1 Å². The van der Waals surface area contributed by atoms with Gasteiger partial charge in [0, 0.05) is 0 Å². The van der Waals surface area contributed by atoms with Crippen LogP contribution in [0, 0.1) is 11.7 Å². The van der Waals surface area contributed by atoms with Gasteiger partial charge in [0.05, 0.1) is 6.04 Å². The summed E-state index contributed by atoms with van der Waals surface area (Å²) in [6.45, 7) is 5.43.